The van der Waals surface area contributed by atoms with Crippen molar-refractivity contribution in [2.24, 2.45) is 17.8 Å². The van der Waals surface area contributed by atoms with Gasteiger partial charge in [-0.15, -0.1) is 0 Å². The maximum absolute atomic E-state index is 12.3. The van der Waals surface area contributed by atoms with E-state index in [1.165, 1.54) is 14.0 Å². The van der Waals surface area contributed by atoms with Crippen molar-refractivity contribution >= 4 is 23.3 Å². The largest absolute Gasteiger partial charge is 0.495 e. The summed E-state index contributed by atoms with van der Waals surface area (Å²) in [5, 5.41) is 13.5. The van der Waals surface area contributed by atoms with Gasteiger partial charge in [-0.05, 0) is 25.0 Å². The molecular weight excluding hydrogens is 368 g/mol. The second-order valence-corrected chi connectivity index (χ2v) is 6.96. The first-order valence-corrected chi connectivity index (χ1v) is 9.00. The molecule has 9 nitrogen and oxygen atoms in total. The number of hydrogen-bond acceptors (Lipinski definition) is 7. The molecule has 1 N–H and O–H groups in total. The average Bonchev–Trinajstić information content (AvgIpc) is 2.88. The number of amides is 1. The van der Waals surface area contributed by atoms with E-state index in [1.807, 2.05) is 0 Å². The number of nitrogens with one attached hydrogen (secondary N) is 1. The first-order valence-electron chi connectivity index (χ1n) is 9.00. The Bertz CT molecular complexity index is 764. The zero-order valence-corrected chi connectivity index (χ0v) is 16.0. The van der Waals surface area contributed by atoms with Gasteiger partial charge in [0.05, 0.1) is 19.2 Å². The predicted molar refractivity (Wildman–Crippen MR) is 99.4 cm³/mol. The van der Waals surface area contributed by atoms with Crippen LogP contribution in [0.25, 0.3) is 0 Å². The van der Waals surface area contributed by atoms with Gasteiger partial charge in [0, 0.05) is 23.2 Å². The van der Waals surface area contributed by atoms with Gasteiger partial charge in [-0.1, -0.05) is 19.1 Å². The number of Topliss-reactive ketones (excluding diaryl/α,β-unsaturated/α-hetero) is 1. The molecule has 0 radical (unpaired) electrons. The Morgan fingerprint density at radius 1 is 1.36 bits per heavy atom. The highest BCUT2D eigenvalue weighted by molar-refractivity contribution is 5.96. The van der Waals surface area contributed by atoms with E-state index in [-0.39, 0.29) is 31.1 Å². The Morgan fingerprint density at radius 2 is 2.04 bits per heavy atom. The van der Waals surface area contributed by atoms with E-state index < -0.39 is 34.7 Å². The first-order chi connectivity index (χ1) is 13.2. The third-order valence-corrected chi connectivity index (χ3v) is 4.97. The van der Waals surface area contributed by atoms with Crippen molar-refractivity contribution in [1.29, 1.82) is 0 Å². The molecule has 1 aliphatic carbocycles. The van der Waals surface area contributed by atoms with Crippen molar-refractivity contribution in [3.05, 3.63) is 34.4 Å². The van der Waals surface area contributed by atoms with Gasteiger partial charge in [0.25, 0.3) is 5.91 Å². The van der Waals surface area contributed by atoms with Crippen molar-refractivity contribution in [3.63, 3.8) is 0 Å². The minimum absolute atomic E-state index is 0.165. The third-order valence-electron chi connectivity index (χ3n) is 4.97. The molecule has 0 saturated heterocycles. The number of ketones is 1. The van der Waals surface area contributed by atoms with Crippen molar-refractivity contribution in [2.75, 3.05) is 19.0 Å². The van der Waals surface area contributed by atoms with E-state index in [0.717, 1.165) is 0 Å². The highest BCUT2D eigenvalue weighted by Gasteiger charge is 2.44. The van der Waals surface area contributed by atoms with Crippen LogP contribution in [0.2, 0.25) is 0 Å². The van der Waals surface area contributed by atoms with E-state index >= 15 is 0 Å². The molecule has 1 amide bonds. The molecule has 0 aromatic heterocycles. The summed E-state index contributed by atoms with van der Waals surface area (Å²) in [7, 11) is 1.47. The smallest absolute Gasteiger partial charge is 0.307 e. The second kappa shape index (κ2) is 9.29. The van der Waals surface area contributed by atoms with Crippen LogP contribution in [0.15, 0.2) is 24.3 Å². The fourth-order valence-electron chi connectivity index (χ4n) is 3.46. The lowest BCUT2D eigenvalue weighted by molar-refractivity contribution is -0.490. The topological polar surface area (TPSA) is 125 Å². The number of ether oxygens (including phenoxy) is 2. The molecule has 1 aliphatic rings. The monoisotopic (exact) mass is 392 g/mol. The first kappa shape index (κ1) is 21.3. The molecule has 0 bridgehead atoms. The summed E-state index contributed by atoms with van der Waals surface area (Å²) < 4.78 is 10.3. The Kier molecular flexibility index (Phi) is 7.08. The van der Waals surface area contributed by atoms with Crippen molar-refractivity contribution in [3.8, 4) is 5.75 Å². The van der Waals surface area contributed by atoms with Crippen LogP contribution in [0.4, 0.5) is 5.69 Å². The number of hydrogen-bond donors (Lipinski definition) is 1. The Hall–Kier alpha value is -2.97. The highest BCUT2D eigenvalue weighted by Crippen LogP contribution is 2.36. The van der Waals surface area contributed by atoms with Crippen LogP contribution in [0.3, 0.4) is 0 Å². The normalized spacial score (nSPS) is 22.4. The van der Waals surface area contributed by atoms with E-state index in [9.17, 15) is 24.5 Å². The van der Waals surface area contributed by atoms with Crippen LogP contribution in [0.5, 0.6) is 5.75 Å². The molecule has 4 atom stereocenters. The lowest BCUT2D eigenvalue weighted by Gasteiger charge is -2.19. The number of esters is 1. The number of carbonyl (C=O) groups excluding carboxylic acids is 3. The maximum Gasteiger partial charge on any atom is 0.307 e. The fourth-order valence-corrected chi connectivity index (χ4v) is 3.46. The molecule has 1 aromatic carbocycles. The average molecular weight is 392 g/mol. The van der Waals surface area contributed by atoms with Crippen LogP contribution in [-0.2, 0) is 19.1 Å². The molecule has 0 heterocycles. The van der Waals surface area contributed by atoms with Crippen LogP contribution in [0, 0.1) is 27.9 Å². The number of nitro groups is 1. The number of para-hydroxylation sites is 2. The standard InChI is InChI=1S/C19H24N2O7/c1-11-8-16(22)13(14(11)10-21(25)26)9-18(23)28-12(2)19(24)20-15-6-4-5-7-17(15)27-3/h4-7,11-14H,8-10H2,1-3H3,(H,20,24)/t11-,12+,13+,14-/m1/s1. The summed E-state index contributed by atoms with van der Waals surface area (Å²) in [4.78, 5) is 47.0. The lowest BCUT2D eigenvalue weighted by atomic mass is 9.88. The predicted octanol–water partition coefficient (Wildman–Crippen LogP) is 2.07. The molecule has 1 aromatic rings. The van der Waals surface area contributed by atoms with Crippen molar-refractivity contribution in [2.45, 2.75) is 32.8 Å². The van der Waals surface area contributed by atoms with E-state index in [0.29, 0.717) is 11.4 Å². The Labute approximate surface area is 162 Å². The van der Waals surface area contributed by atoms with Gasteiger partial charge in [-0.25, -0.2) is 0 Å². The molecular formula is C19H24N2O7. The number of anilines is 1. The molecule has 0 unspecified atom stereocenters. The number of nitrogens with zero attached hydrogens (tertiary/aromatic N) is 1. The number of benzene rings is 1. The second-order valence-electron chi connectivity index (χ2n) is 6.96. The number of rotatable bonds is 8. The summed E-state index contributed by atoms with van der Waals surface area (Å²) in [5.74, 6) is -2.42. The van der Waals surface area contributed by atoms with Crippen LogP contribution >= 0.6 is 0 Å². The molecule has 0 aliphatic heterocycles. The van der Waals surface area contributed by atoms with Crippen molar-refractivity contribution < 1.29 is 28.8 Å². The zero-order chi connectivity index (χ0) is 20.8. The van der Waals surface area contributed by atoms with Crippen LogP contribution < -0.4 is 10.1 Å². The van der Waals surface area contributed by atoms with E-state index in [4.69, 9.17) is 9.47 Å². The van der Waals surface area contributed by atoms with Gasteiger partial charge in [0.1, 0.15) is 11.5 Å². The van der Waals surface area contributed by atoms with Crippen LogP contribution in [0.1, 0.15) is 26.7 Å². The van der Waals surface area contributed by atoms with Gasteiger partial charge < -0.3 is 14.8 Å². The summed E-state index contributed by atoms with van der Waals surface area (Å²) in [6.07, 6.45) is -1.16. The third kappa shape index (κ3) is 5.28. The van der Waals surface area contributed by atoms with Gasteiger partial charge in [-0.2, -0.15) is 0 Å². The summed E-state index contributed by atoms with van der Waals surface area (Å²) >= 11 is 0. The molecule has 2 rings (SSSR count). The molecule has 152 valence electrons. The highest BCUT2D eigenvalue weighted by atomic mass is 16.6. The van der Waals surface area contributed by atoms with Gasteiger partial charge >= 0.3 is 5.97 Å². The lowest BCUT2D eigenvalue weighted by Crippen LogP contribution is -2.32. The minimum Gasteiger partial charge on any atom is -0.495 e. The maximum atomic E-state index is 12.3. The zero-order valence-electron chi connectivity index (χ0n) is 16.0. The quantitative estimate of drug-likeness (QED) is 0.408. The van der Waals surface area contributed by atoms with Gasteiger partial charge in [0.15, 0.2) is 6.10 Å². The Balaban J connectivity index is 1.95. The summed E-state index contributed by atoms with van der Waals surface area (Å²) in [6.45, 7) is 2.81. The van der Waals surface area contributed by atoms with Crippen LogP contribution in [-0.4, -0.2) is 42.3 Å². The van der Waals surface area contributed by atoms with Gasteiger partial charge in [0.2, 0.25) is 6.54 Å². The molecule has 0 spiro atoms. The Morgan fingerprint density at radius 3 is 2.68 bits per heavy atom. The molecule has 1 fully saturated rings. The molecule has 9 heteroatoms. The molecule has 28 heavy (non-hydrogen) atoms. The number of carbonyl (C=O) groups is 3. The SMILES string of the molecule is COc1ccccc1NC(=O)[C@H](C)OC(=O)C[C@@H]1C(=O)C[C@@H](C)[C@H]1C[N+](=O)[O-]. The molecule has 1 saturated carbocycles. The number of methoxy groups -OCH3 is 1. The van der Waals surface area contributed by atoms with Gasteiger partial charge in [-0.3, -0.25) is 24.5 Å². The fraction of sp³-hybridized carbons (Fsp3) is 0.526. The van der Waals surface area contributed by atoms with E-state index in [1.54, 1.807) is 31.2 Å². The van der Waals surface area contributed by atoms with E-state index in [2.05, 4.69) is 5.32 Å². The summed E-state index contributed by atoms with van der Waals surface area (Å²) in [5.41, 5.74) is 0.434. The van der Waals surface area contributed by atoms with Crippen molar-refractivity contribution in [1.82, 2.24) is 0 Å². The minimum atomic E-state index is -1.10. The summed E-state index contributed by atoms with van der Waals surface area (Å²) in [6, 6.07) is 6.79.